The number of rotatable bonds is 4. The van der Waals surface area contributed by atoms with Gasteiger partial charge >= 0.3 is 5.97 Å². The van der Waals surface area contributed by atoms with Crippen LogP contribution in [0.3, 0.4) is 0 Å². The zero-order chi connectivity index (χ0) is 10.7. The first-order valence-corrected chi connectivity index (χ1v) is 4.86. The van der Waals surface area contributed by atoms with E-state index in [9.17, 15) is 4.79 Å². The van der Waals surface area contributed by atoms with Crippen molar-refractivity contribution in [2.75, 3.05) is 0 Å². The van der Waals surface area contributed by atoms with Crippen LogP contribution in [0, 0.1) is 0 Å². The van der Waals surface area contributed by atoms with Gasteiger partial charge in [0.15, 0.2) is 0 Å². The molecule has 1 aromatic heterocycles. The second-order valence-electron chi connectivity index (χ2n) is 3.51. The van der Waals surface area contributed by atoms with Crippen molar-refractivity contribution in [1.29, 1.82) is 0 Å². The summed E-state index contributed by atoms with van der Waals surface area (Å²) >= 11 is 0. The van der Waals surface area contributed by atoms with Crippen molar-refractivity contribution in [1.82, 2.24) is 10.2 Å². The smallest absolute Gasteiger partial charge is 0.303 e. The zero-order valence-corrected chi connectivity index (χ0v) is 8.18. The van der Waals surface area contributed by atoms with Gasteiger partial charge in [0.1, 0.15) is 0 Å². The number of hydrogen-bond donors (Lipinski definition) is 2. The lowest BCUT2D eigenvalue weighted by Gasteiger charge is -1.97. The minimum absolute atomic E-state index is 0.137. The van der Waals surface area contributed by atoms with Crippen LogP contribution in [-0.4, -0.2) is 21.3 Å². The molecule has 1 aromatic rings. The van der Waals surface area contributed by atoms with Gasteiger partial charge in [-0.25, -0.2) is 0 Å². The number of hydrogen-bond acceptors (Lipinski definition) is 2. The summed E-state index contributed by atoms with van der Waals surface area (Å²) in [7, 11) is 0. The van der Waals surface area contributed by atoms with E-state index in [1.807, 2.05) is 18.2 Å². The van der Waals surface area contributed by atoms with Crippen LogP contribution in [0.5, 0.6) is 0 Å². The molecule has 0 spiro atoms. The Morgan fingerprint density at radius 1 is 1.47 bits per heavy atom. The van der Waals surface area contributed by atoms with Crippen molar-refractivity contribution in [2.45, 2.75) is 18.8 Å². The molecule has 1 aliphatic carbocycles. The van der Waals surface area contributed by atoms with Gasteiger partial charge in [0, 0.05) is 11.6 Å². The van der Waals surface area contributed by atoms with E-state index in [4.69, 9.17) is 5.11 Å². The molecule has 15 heavy (non-hydrogen) atoms. The number of aromatic nitrogens is 2. The molecule has 0 aliphatic heterocycles. The third-order valence-electron chi connectivity index (χ3n) is 2.35. The fraction of sp³-hybridized carbons (Fsp3) is 0.273. The van der Waals surface area contributed by atoms with Gasteiger partial charge in [-0.15, -0.1) is 0 Å². The minimum Gasteiger partial charge on any atom is -0.481 e. The number of H-pyrrole nitrogens is 1. The SMILES string of the molecule is O=C(O)CCc1cc(C2C=CC=C2)n[nH]1. The maximum absolute atomic E-state index is 10.4. The van der Waals surface area contributed by atoms with Crippen LogP contribution in [0.25, 0.3) is 0 Å². The fourth-order valence-corrected chi connectivity index (χ4v) is 1.55. The molecule has 4 nitrogen and oxygen atoms in total. The molecule has 0 amide bonds. The second-order valence-corrected chi connectivity index (χ2v) is 3.51. The number of aryl methyl sites for hydroxylation is 1. The molecule has 0 bridgehead atoms. The fourth-order valence-electron chi connectivity index (χ4n) is 1.55. The highest BCUT2D eigenvalue weighted by Gasteiger charge is 2.11. The highest BCUT2D eigenvalue weighted by molar-refractivity contribution is 5.66. The van der Waals surface area contributed by atoms with Gasteiger partial charge < -0.3 is 5.11 Å². The average Bonchev–Trinajstić information content (AvgIpc) is 2.85. The summed E-state index contributed by atoms with van der Waals surface area (Å²) in [5, 5.41) is 15.5. The van der Waals surface area contributed by atoms with Gasteiger partial charge in [-0.3, -0.25) is 9.89 Å². The predicted octanol–water partition coefficient (Wildman–Crippen LogP) is 1.64. The number of aliphatic carboxylic acids is 1. The molecule has 2 N–H and O–H groups in total. The first-order chi connectivity index (χ1) is 7.25. The van der Waals surface area contributed by atoms with Crippen LogP contribution in [0.1, 0.15) is 23.7 Å². The van der Waals surface area contributed by atoms with Gasteiger partial charge in [0.25, 0.3) is 0 Å². The summed E-state index contributed by atoms with van der Waals surface area (Å²) in [5.41, 5.74) is 1.82. The predicted molar refractivity (Wildman–Crippen MR) is 55.6 cm³/mol. The number of allylic oxidation sites excluding steroid dienone is 4. The highest BCUT2D eigenvalue weighted by Crippen LogP contribution is 2.21. The summed E-state index contributed by atoms with van der Waals surface area (Å²) in [6.45, 7) is 0. The Morgan fingerprint density at radius 2 is 2.20 bits per heavy atom. The second kappa shape index (κ2) is 4.13. The molecule has 1 aliphatic rings. The van der Waals surface area contributed by atoms with Crippen molar-refractivity contribution in [3.63, 3.8) is 0 Å². The molecule has 78 valence electrons. The molecule has 0 fully saturated rings. The van der Waals surface area contributed by atoms with Gasteiger partial charge in [-0.2, -0.15) is 5.10 Å². The molecule has 2 rings (SSSR count). The monoisotopic (exact) mass is 204 g/mol. The van der Waals surface area contributed by atoms with Crippen molar-refractivity contribution >= 4 is 5.97 Å². The van der Waals surface area contributed by atoms with Crippen LogP contribution >= 0.6 is 0 Å². The molecule has 0 saturated heterocycles. The van der Waals surface area contributed by atoms with Crippen LogP contribution in [0.15, 0.2) is 30.4 Å². The molecule has 1 heterocycles. The average molecular weight is 204 g/mol. The van der Waals surface area contributed by atoms with Crippen molar-refractivity contribution < 1.29 is 9.90 Å². The summed E-state index contributed by atoms with van der Waals surface area (Å²) < 4.78 is 0. The molecule has 0 atom stereocenters. The van der Waals surface area contributed by atoms with E-state index < -0.39 is 5.97 Å². The van der Waals surface area contributed by atoms with Gasteiger partial charge in [-0.05, 0) is 12.5 Å². The maximum atomic E-state index is 10.4. The topological polar surface area (TPSA) is 66.0 Å². The number of carboxylic acids is 1. The van der Waals surface area contributed by atoms with Gasteiger partial charge in [0.05, 0.1) is 12.1 Å². The summed E-state index contributed by atoms with van der Waals surface area (Å²) in [4.78, 5) is 10.4. The third-order valence-corrected chi connectivity index (χ3v) is 2.35. The van der Waals surface area contributed by atoms with E-state index in [1.54, 1.807) is 0 Å². The Bertz CT molecular complexity index is 406. The van der Waals surface area contributed by atoms with Crippen molar-refractivity contribution in [3.05, 3.63) is 41.8 Å². The first kappa shape index (κ1) is 9.71. The maximum Gasteiger partial charge on any atom is 0.303 e. The molecule has 0 saturated carbocycles. The molecule has 0 unspecified atom stereocenters. The van der Waals surface area contributed by atoms with Crippen LogP contribution < -0.4 is 0 Å². The Hall–Kier alpha value is -1.84. The van der Waals surface area contributed by atoms with E-state index in [0.29, 0.717) is 6.42 Å². The number of aromatic amines is 1. The molecule has 0 aromatic carbocycles. The number of nitrogens with zero attached hydrogens (tertiary/aromatic N) is 1. The summed E-state index contributed by atoms with van der Waals surface area (Å²) in [6, 6.07) is 1.92. The van der Waals surface area contributed by atoms with Crippen LogP contribution in [0.4, 0.5) is 0 Å². The van der Waals surface area contributed by atoms with Gasteiger partial charge in [0.2, 0.25) is 0 Å². The van der Waals surface area contributed by atoms with E-state index >= 15 is 0 Å². The first-order valence-electron chi connectivity index (χ1n) is 4.86. The van der Waals surface area contributed by atoms with Crippen LogP contribution in [-0.2, 0) is 11.2 Å². The Balaban J connectivity index is 2.00. The Labute approximate surface area is 87.3 Å². The third kappa shape index (κ3) is 2.34. The van der Waals surface area contributed by atoms with E-state index in [0.717, 1.165) is 11.4 Å². The Kier molecular flexibility index (Phi) is 2.67. The normalized spacial score (nSPS) is 14.9. The molecule has 0 radical (unpaired) electrons. The quantitative estimate of drug-likeness (QED) is 0.783. The van der Waals surface area contributed by atoms with E-state index in [1.165, 1.54) is 0 Å². The molecule has 4 heteroatoms. The zero-order valence-electron chi connectivity index (χ0n) is 8.18. The van der Waals surface area contributed by atoms with Gasteiger partial charge in [-0.1, -0.05) is 24.3 Å². The lowest BCUT2D eigenvalue weighted by molar-refractivity contribution is -0.136. The lowest BCUT2D eigenvalue weighted by atomic mass is 10.1. The summed E-state index contributed by atoms with van der Waals surface area (Å²) in [6.07, 6.45) is 8.71. The number of carbonyl (C=O) groups is 1. The van der Waals surface area contributed by atoms with Crippen LogP contribution in [0.2, 0.25) is 0 Å². The Morgan fingerprint density at radius 3 is 2.87 bits per heavy atom. The van der Waals surface area contributed by atoms with E-state index in [-0.39, 0.29) is 12.3 Å². The number of carboxylic acid groups (broad SMARTS) is 1. The summed E-state index contributed by atoms with van der Waals surface area (Å²) in [5.74, 6) is -0.549. The minimum atomic E-state index is -0.785. The molecular formula is C11H12N2O2. The standard InChI is InChI=1S/C11H12N2O2/c14-11(15)6-5-9-7-10(13-12-9)8-3-1-2-4-8/h1-4,7-8H,5-6H2,(H,12,13)(H,14,15). The van der Waals surface area contributed by atoms with Crippen molar-refractivity contribution in [2.24, 2.45) is 0 Å². The lowest BCUT2D eigenvalue weighted by Crippen LogP contribution is -1.97. The van der Waals surface area contributed by atoms with E-state index in [2.05, 4.69) is 22.3 Å². The largest absolute Gasteiger partial charge is 0.481 e. The molecular weight excluding hydrogens is 192 g/mol. The number of nitrogens with one attached hydrogen (secondary N) is 1. The highest BCUT2D eigenvalue weighted by atomic mass is 16.4. The van der Waals surface area contributed by atoms with Crippen molar-refractivity contribution in [3.8, 4) is 0 Å².